The normalized spacial score (nSPS) is 21.3. The molecule has 1 aromatic carbocycles. The molecule has 178 valence electrons. The van der Waals surface area contributed by atoms with Crippen LogP contribution in [0, 0.1) is 17.6 Å². The number of halogens is 2. The van der Waals surface area contributed by atoms with Crippen LogP contribution in [0.1, 0.15) is 30.6 Å². The number of benzene rings is 1. The summed E-state index contributed by atoms with van der Waals surface area (Å²) >= 11 is 0. The zero-order chi connectivity index (χ0) is 23.9. The average molecular weight is 488 g/mol. The van der Waals surface area contributed by atoms with Crippen molar-refractivity contribution in [2.75, 3.05) is 29.6 Å². The van der Waals surface area contributed by atoms with E-state index in [2.05, 4.69) is 19.9 Å². The molecule has 8 nitrogen and oxygen atoms in total. The van der Waals surface area contributed by atoms with Gasteiger partial charge in [-0.3, -0.25) is 0 Å². The third-order valence-corrected chi connectivity index (χ3v) is 8.12. The van der Waals surface area contributed by atoms with Crippen LogP contribution in [0.4, 0.5) is 14.5 Å². The third kappa shape index (κ3) is 4.44. The number of fused-ring (bicyclic) bond motifs is 1. The van der Waals surface area contributed by atoms with Crippen molar-refractivity contribution in [1.82, 2.24) is 19.9 Å². The van der Waals surface area contributed by atoms with Crippen LogP contribution in [0.25, 0.3) is 11.6 Å². The number of hydrogen-bond acceptors (Lipinski definition) is 8. The van der Waals surface area contributed by atoms with Crippen molar-refractivity contribution in [2.24, 2.45) is 5.92 Å². The summed E-state index contributed by atoms with van der Waals surface area (Å²) < 4.78 is 57.8. The molecule has 2 atom stereocenters. The van der Waals surface area contributed by atoms with Crippen LogP contribution >= 0.6 is 0 Å². The molecule has 0 radical (unpaired) electrons. The average Bonchev–Trinajstić information content (AvgIpc) is 3.19. The summed E-state index contributed by atoms with van der Waals surface area (Å²) in [6.45, 7) is 2.51. The molecule has 11 heteroatoms. The summed E-state index contributed by atoms with van der Waals surface area (Å²) in [4.78, 5) is 19.4. The van der Waals surface area contributed by atoms with Crippen LogP contribution in [0.3, 0.4) is 0 Å². The predicted octanol–water partition coefficient (Wildman–Crippen LogP) is 3.15. The van der Waals surface area contributed by atoms with Crippen molar-refractivity contribution in [3.8, 4) is 17.4 Å². The highest BCUT2D eigenvalue weighted by molar-refractivity contribution is 7.91. The van der Waals surface area contributed by atoms with E-state index in [1.54, 1.807) is 24.7 Å². The van der Waals surface area contributed by atoms with Gasteiger partial charge in [0.1, 0.15) is 0 Å². The summed E-state index contributed by atoms with van der Waals surface area (Å²) in [7, 11) is -3.08. The first kappa shape index (κ1) is 22.6. The summed E-state index contributed by atoms with van der Waals surface area (Å²) in [6.07, 6.45) is 6.02. The number of ether oxygens (including phenoxy) is 1. The Balaban J connectivity index is 1.37. The minimum atomic E-state index is -3.08. The van der Waals surface area contributed by atoms with E-state index in [4.69, 9.17) is 4.74 Å². The van der Waals surface area contributed by atoms with E-state index >= 15 is 0 Å². The Morgan fingerprint density at radius 3 is 2.68 bits per heavy atom. The van der Waals surface area contributed by atoms with Gasteiger partial charge in [-0.2, -0.15) is 4.39 Å². The van der Waals surface area contributed by atoms with Crippen molar-refractivity contribution in [3.63, 3.8) is 0 Å². The van der Waals surface area contributed by atoms with Crippen LogP contribution in [-0.4, -0.2) is 53.0 Å². The van der Waals surface area contributed by atoms with Crippen molar-refractivity contribution in [2.45, 2.75) is 25.8 Å². The lowest BCUT2D eigenvalue weighted by atomic mass is 9.98. The minimum absolute atomic E-state index is 0.00669. The maximum atomic E-state index is 14.5. The van der Waals surface area contributed by atoms with E-state index in [1.165, 1.54) is 6.07 Å². The number of aromatic nitrogens is 4. The Morgan fingerprint density at radius 1 is 1.15 bits per heavy atom. The molecule has 2 aromatic heterocycles. The van der Waals surface area contributed by atoms with Gasteiger partial charge in [0.2, 0.25) is 5.82 Å². The van der Waals surface area contributed by atoms with Gasteiger partial charge in [0.25, 0.3) is 0 Å². The topological polar surface area (TPSA) is 98.2 Å². The monoisotopic (exact) mass is 487 g/mol. The molecule has 0 spiro atoms. The Labute approximate surface area is 196 Å². The first-order chi connectivity index (χ1) is 16.3. The Hall–Kier alpha value is -3.21. The molecular weight excluding hydrogens is 464 g/mol. The SMILES string of the molecule is CC1c2cnc(-c3ncccn3)nc2CCN1c1cc(F)c(F)c(OCC2CCS(=O)(=O)C2)c1. The molecule has 2 unspecified atom stereocenters. The van der Waals surface area contributed by atoms with E-state index in [0.29, 0.717) is 36.7 Å². The summed E-state index contributed by atoms with van der Waals surface area (Å²) in [6, 6.07) is 4.15. The third-order valence-electron chi connectivity index (χ3n) is 6.29. The number of sulfone groups is 1. The van der Waals surface area contributed by atoms with E-state index < -0.39 is 21.5 Å². The van der Waals surface area contributed by atoms with Crippen LogP contribution in [0.15, 0.2) is 36.8 Å². The maximum Gasteiger partial charge on any atom is 0.200 e. The molecule has 2 aliphatic heterocycles. The lowest BCUT2D eigenvalue weighted by molar-refractivity contribution is 0.249. The first-order valence-electron chi connectivity index (χ1n) is 11.0. The standard InChI is InChI=1S/C23H23F2N5O3S/c1-14-17-11-28-23(22-26-5-2-6-27-22)29-19(17)3-7-30(14)16-9-18(24)21(25)20(10-16)33-12-15-4-8-34(31,32)13-15/h2,5-6,9-11,14-15H,3-4,7-8,12-13H2,1H3. The smallest absolute Gasteiger partial charge is 0.200 e. The van der Waals surface area contributed by atoms with E-state index in [0.717, 1.165) is 17.3 Å². The Kier molecular flexibility index (Phi) is 5.88. The lowest BCUT2D eigenvalue weighted by Gasteiger charge is -2.36. The second kappa shape index (κ2) is 8.86. The van der Waals surface area contributed by atoms with Crippen LogP contribution < -0.4 is 9.64 Å². The van der Waals surface area contributed by atoms with Crippen molar-refractivity contribution in [1.29, 1.82) is 0 Å². The fourth-order valence-corrected chi connectivity index (χ4v) is 6.31. The largest absolute Gasteiger partial charge is 0.490 e. The van der Waals surface area contributed by atoms with Gasteiger partial charge >= 0.3 is 0 Å². The molecular formula is C23H23F2N5O3S. The van der Waals surface area contributed by atoms with Crippen LogP contribution in [0.5, 0.6) is 5.75 Å². The van der Waals surface area contributed by atoms with Gasteiger partial charge in [0.15, 0.2) is 33.1 Å². The van der Waals surface area contributed by atoms with Crippen LogP contribution in [-0.2, 0) is 16.3 Å². The predicted molar refractivity (Wildman–Crippen MR) is 121 cm³/mol. The van der Waals surface area contributed by atoms with E-state index in [1.807, 2.05) is 11.8 Å². The molecule has 4 heterocycles. The minimum Gasteiger partial charge on any atom is -0.490 e. The first-order valence-corrected chi connectivity index (χ1v) is 12.8. The van der Waals surface area contributed by atoms with Crippen molar-refractivity contribution >= 4 is 15.5 Å². The molecule has 1 saturated heterocycles. The molecule has 0 bridgehead atoms. The Bertz CT molecular complexity index is 1320. The highest BCUT2D eigenvalue weighted by Crippen LogP contribution is 2.36. The number of anilines is 1. The lowest BCUT2D eigenvalue weighted by Crippen LogP contribution is -2.35. The second-order valence-electron chi connectivity index (χ2n) is 8.61. The molecule has 3 aromatic rings. The van der Waals surface area contributed by atoms with Gasteiger partial charge < -0.3 is 9.64 Å². The molecule has 0 N–H and O–H groups in total. The quantitative estimate of drug-likeness (QED) is 0.541. The molecule has 2 aliphatic rings. The molecule has 34 heavy (non-hydrogen) atoms. The summed E-state index contributed by atoms with van der Waals surface area (Å²) in [5, 5.41) is 0. The van der Waals surface area contributed by atoms with Gasteiger partial charge in [-0.25, -0.2) is 32.7 Å². The summed E-state index contributed by atoms with van der Waals surface area (Å²) in [5.41, 5.74) is 2.22. The summed E-state index contributed by atoms with van der Waals surface area (Å²) in [5.74, 6) is -1.55. The second-order valence-corrected chi connectivity index (χ2v) is 10.8. The molecule has 1 fully saturated rings. The van der Waals surface area contributed by atoms with Gasteiger partial charge in [-0.1, -0.05) is 0 Å². The van der Waals surface area contributed by atoms with Gasteiger partial charge in [0.05, 0.1) is 29.8 Å². The molecule has 5 rings (SSSR count). The highest BCUT2D eigenvalue weighted by atomic mass is 32.2. The zero-order valence-electron chi connectivity index (χ0n) is 18.5. The van der Waals surface area contributed by atoms with Gasteiger partial charge in [-0.15, -0.1) is 0 Å². The molecule has 0 amide bonds. The van der Waals surface area contributed by atoms with Crippen LogP contribution in [0.2, 0.25) is 0 Å². The molecule has 0 saturated carbocycles. The van der Waals surface area contributed by atoms with E-state index in [-0.39, 0.29) is 35.8 Å². The maximum absolute atomic E-state index is 14.5. The van der Waals surface area contributed by atoms with E-state index in [9.17, 15) is 17.2 Å². The fourth-order valence-electron chi connectivity index (χ4n) is 4.47. The van der Waals surface area contributed by atoms with Gasteiger partial charge in [-0.05, 0) is 19.4 Å². The Morgan fingerprint density at radius 2 is 1.94 bits per heavy atom. The highest BCUT2D eigenvalue weighted by Gasteiger charge is 2.30. The molecule has 0 aliphatic carbocycles. The zero-order valence-corrected chi connectivity index (χ0v) is 19.3. The number of nitrogens with zero attached hydrogens (tertiary/aromatic N) is 5. The van der Waals surface area contributed by atoms with Gasteiger partial charge in [0, 0.05) is 60.9 Å². The number of hydrogen-bond donors (Lipinski definition) is 0. The van der Waals surface area contributed by atoms with Crippen molar-refractivity contribution in [3.05, 3.63) is 59.7 Å². The van der Waals surface area contributed by atoms with Crippen molar-refractivity contribution < 1.29 is 21.9 Å². The fraction of sp³-hybridized carbons (Fsp3) is 0.391. The number of rotatable bonds is 5.